The van der Waals surface area contributed by atoms with Gasteiger partial charge in [0.05, 0.1) is 0 Å². The molecule has 2 unspecified atom stereocenters. The first-order chi connectivity index (χ1) is 11.9. The predicted octanol–water partition coefficient (Wildman–Crippen LogP) is 6.96. The van der Waals surface area contributed by atoms with Crippen LogP contribution in [0.2, 0.25) is 0 Å². The standard InChI is InChI=1S/2C10H9.C2H4.2ClH.Ti/c2*1-8-4-2-5-9-6-3-7-10(8)9;1-2;;;/h2*2-7H,1H3;1H,2H3;2*1H;/q;;;;;+2/p-2. The third-order valence-electron chi connectivity index (χ3n) is 6.04. The summed E-state index contributed by atoms with van der Waals surface area (Å²) in [6.45, 7) is 6.36. The van der Waals surface area contributed by atoms with E-state index in [9.17, 15) is 0 Å². The molecule has 0 N–H and O–H groups in total. The monoisotopic (exact) mass is 404 g/mol. The van der Waals surface area contributed by atoms with Crippen LogP contribution >= 0.6 is 18.6 Å². The van der Waals surface area contributed by atoms with Crippen molar-refractivity contribution in [1.29, 1.82) is 0 Å². The molecular formula is C22H22Cl2Ti. The van der Waals surface area contributed by atoms with Gasteiger partial charge in [-0.2, -0.15) is 0 Å². The second-order valence-electron chi connectivity index (χ2n) is 7.34. The van der Waals surface area contributed by atoms with Gasteiger partial charge in [-0.05, 0) is 0 Å². The Kier molecular flexibility index (Phi) is 4.05. The number of aryl methyl sites for hydroxylation is 2. The average Bonchev–Trinajstić information content (AvgIpc) is 3.21. The Balaban J connectivity index is 1.93. The zero-order valence-electron chi connectivity index (χ0n) is 14.8. The van der Waals surface area contributed by atoms with E-state index in [1.54, 1.807) is 0 Å². The molecule has 2 atom stereocenters. The van der Waals surface area contributed by atoms with E-state index in [4.69, 9.17) is 18.6 Å². The van der Waals surface area contributed by atoms with Gasteiger partial charge < -0.3 is 0 Å². The summed E-state index contributed by atoms with van der Waals surface area (Å²) in [4.78, 5) is 0. The third-order valence-corrected chi connectivity index (χ3v) is 18.7. The number of halogens is 2. The van der Waals surface area contributed by atoms with Gasteiger partial charge in [0.2, 0.25) is 0 Å². The van der Waals surface area contributed by atoms with Gasteiger partial charge in [-0.3, -0.25) is 0 Å². The van der Waals surface area contributed by atoms with Crippen LogP contribution in [0, 0.1) is 13.8 Å². The van der Waals surface area contributed by atoms with Crippen molar-refractivity contribution in [2.45, 2.75) is 29.2 Å². The summed E-state index contributed by atoms with van der Waals surface area (Å²) in [6.07, 6.45) is 8.91. The van der Waals surface area contributed by atoms with Crippen LogP contribution in [0.1, 0.15) is 48.7 Å². The van der Waals surface area contributed by atoms with Crippen molar-refractivity contribution in [3.05, 3.63) is 81.9 Å². The van der Waals surface area contributed by atoms with Crippen molar-refractivity contribution in [1.82, 2.24) is 0 Å². The average molecular weight is 405 g/mol. The van der Waals surface area contributed by atoms with Gasteiger partial charge >= 0.3 is 159 Å². The van der Waals surface area contributed by atoms with Crippen LogP contribution in [-0.4, -0.2) is 4.31 Å². The molecule has 0 nitrogen and oxygen atoms in total. The molecule has 3 heteroatoms. The van der Waals surface area contributed by atoms with Crippen molar-refractivity contribution in [3.63, 3.8) is 0 Å². The Hall–Kier alpha value is -0.916. The molecule has 25 heavy (non-hydrogen) atoms. The second-order valence-corrected chi connectivity index (χ2v) is 21.8. The van der Waals surface area contributed by atoms with Gasteiger partial charge in [0.1, 0.15) is 0 Å². The van der Waals surface area contributed by atoms with E-state index in [-0.39, 0.29) is 8.45 Å². The number of allylic oxidation sites excluding steroid dienone is 2. The Morgan fingerprint density at radius 3 is 1.64 bits per heavy atom. The molecule has 0 radical (unpaired) electrons. The number of hydrogen-bond donors (Lipinski definition) is 0. The summed E-state index contributed by atoms with van der Waals surface area (Å²) < 4.78 is 2.36. The summed E-state index contributed by atoms with van der Waals surface area (Å²) in [5.74, 6) is 0. The SMILES string of the molecule is C[CH]=[Ti]([Cl])([Cl])([CH]1C=Cc2c(C)cccc21)[CH]1C=Cc2c(C)cccc21. The third kappa shape index (κ3) is 2.42. The minimum atomic E-state index is -4.10. The zero-order chi connectivity index (χ0) is 17.8. The van der Waals surface area contributed by atoms with Crippen LogP contribution in [0.15, 0.2) is 48.6 Å². The van der Waals surface area contributed by atoms with Crippen molar-refractivity contribution in [3.8, 4) is 0 Å². The van der Waals surface area contributed by atoms with Gasteiger partial charge in [-0.15, -0.1) is 0 Å². The van der Waals surface area contributed by atoms with Gasteiger partial charge in [-0.1, -0.05) is 0 Å². The van der Waals surface area contributed by atoms with Crippen molar-refractivity contribution >= 4 is 35.1 Å². The van der Waals surface area contributed by atoms with Crippen LogP contribution in [0.25, 0.3) is 12.2 Å². The van der Waals surface area contributed by atoms with Gasteiger partial charge in [0, 0.05) is 0 Å². The summed E-state index contributed by atoms with van der Waals surface area (Å²) >= 11 is -4.10. The fraction of sp³-hybridized carbons (Fsp3) is 0.227. The molecule has 2 aromatic rings. The Bertz CT molecular complexity index is 931. The van der Waals surface area contributed by atoms with E-state index in [2.05, 4.69) is 85.8 Å². The first-order valence-electron chi connectivity index (χ1n) is 8.80. The Morgan fingerprint density at radius 1 is 0.800 bits per heavy atom. The van der Waals surface area contributed by atoms with Crippen LogP contribution in [-0.2, 0) is 12.7 Å². The molecule has 2 aromatic carbocycles. The molecule has 4 rings (SSSR count). The summed E-state index contributed by atoms with van der Waals surface area (Å²) in [6, 6.07) is 12.9. The van der Waals surface area contributed by atoms with E-state index in [0.717, 1.165) is 0 Å². The summed E-state index contributed by atoms with van der Waals surface area (Å²) in [5, 5.41) is 0. The van der Waals surface area contributed by atoms with E-state index in [0.29, 0.717) is 0 Å². The first kappa shape index (κ1) is 17.5. The fourth-order valence-electron chi connectivity index (χ4n) is 4.51. The minimum absolute atomic E-state index is 0.0985. The molecule has 0 saturated heterocycles. The van der Waals surface area contributed by atoms with Crippen LogP contribution in [0.5, 0.6) is 0 Å². The summed E-state index contributed by atoms with van der Waals surface area (Å²) in [7, 11) is 15.1. The molecule has 0 heterocycles. The van der Waals surface area contributed by atoms with Crippen molar-refractivity contribution < 1.29 is 12.7 Å². The van der Waals surface area contributed by atoms with Gasteiger partial charge in [0.25, 0.3) is 0 Å². The number of fused-ring (bicyclic) bond motifs is 2. The van der Waals surface area contributed by atoms with Crippen LogP contribution < -0.4 is 0 Å². The maximum absolute atomic E-state index is 7.55. The summed E-state index contributed by atoms with van der Waals surface area (Å²) in [5.41, 5.74) is 7.72. The normalized spacial score (nSPS) is 21.4. The van der Waals surface area contributed by atoms with E-state index >= 15 is 0 Å². The van der Waals surface area contributed by atoms with Gasteiger partial charge in [-0.25, -0.2) is 0 Å². The van der Waals surface area contributed by atoms with E-state index in [1.807, 2.05) is 0 Å². The van der Waals surface area contributed by atoms with E-state index < -0.39 is 12.7 Å². The predicted molar refractivity (Wildman–Crippen MR) is 109 cm³/mol. The van der Waals surface area contributed by atoms with Crippen molar-refractivity contribution in [2.24, 2.45) is 0 Å². The number of rotatable bonds is 2. The zero-order valence-corrected chi connectivity index (χ0v) is 17.8. The molecule has 0 aromatic heterocycles. The fourth-order valence-corrected chi connectivity index (χ4v) is 13.5. The van der Waals surface area contributed by atoms with Crippen molar-refractivity contribution in [2.75, 3.05) is 0 Å². The number of benzene rings is 2. The molecule has 0 fully saturated rings. The topological polar surface area (TPSA) is 0 Å². The molecule has 0 aliphatic heterocycles. The molecule has 128 valence electrons. The molecule has 2 aliphatic rings. The van der Waals surface area contributed by atoms with Crippen LogP contribution in [0.4, 0.5) is 0 Å². The van der Waals surface area contributed by atoms with Gasteiger partial charge in [0.15, 0.2) is 0 Å². The first-order valence-corrected chi connectivity index (χ1v) is 15.8. The molecule has 0 bridgehead atoms. The molecular weight excluding hydrogens is 383 g/mol. The molecule has 0 saturated carbocycles. The Labute approximate surface area is 158 Å². The molecule has 2 aliphatic carbocycles. The van der Waals surface area contributed by atoms with Crippen LogP contribution in [0.3, 0.4) is 0 Å². The Morgan fingerprint density at radius 2 is 1.24 bits per heavy atom. The quantitative estimate of drug-likeness (QED) is 0.474. The second kappa shape index (κ2) is 5.79. The molecule has 0 amide bonds. The molecule has 0 spiro atoms. The number of hydrogen-bond acceptors (Lipinski definition) is 0. The van der Waals surface area contributed by atoms with E-state index in [1.165, 1.54) is 33.4 Å². The maximum atomic E-state index is 7.55.